The molecule has 0 aromatic heterocycles. The minimum absolute atomic E-state index is 0.305. The number of ketones is 1. The number of anilines is 1. The van der Waals surface area contributed by atoms with Crippen LogP contribution in [0.2, 0.25) is 5.02 Å². The van der Waals surface area contributed by atoms with Crippen LogP contribution in [0.4, 0.5) is 5.69 Å². The van der Waals surface area contributed by atoms with Gasteiger partial charge in [-0.05, 0) is 30.3 Å². The number of benzene rings is 2. The quantitative estimate of drug-likeness (QED) is 0.762. The summed E-state index contributed by atoms with van der Waals surface area (Å²) >= 11 is 5.92. The number of fused-ring (bicyclic) bond motifs is 1. The minimum atomic E-state index is -1.92. The lowest BCUT2D eigenvalue weighted by Gasteiger charge is -2.32. The van der Waals surface area contributed by atoms with Crippen LogP contribution in [-0.4, -0.2) is 54.7 Å². The summed E-state index contributed by atoms with van der Waals surface area (Å²) in [5.41, 5.74) is -0.401. The molecule has 2 atom stereocenters. The van der Waals surface area contributed by atoms with Gasteiger partial charge in [0.05, 0.1) is 31.5 Å². The van der Waals surface area contributed by atoms with Crippen molar-refractivity contribution in [2.45, 2.75) is 12.5 Å². The number of aliphatic hydroxyl groups is 1. The van der Waals surface area contributed by atoms with Crippen molar-refractivity contribution in [1.29, 1.82) is 0 Å². The monoisotopic (exact) mass is 414 g/mol. The maximum Gasteiger partial charge on any atom is 0.265 e. The predicted molar refractivity (Wildman–Crippen MR) is 110 cm³/mol. The second-order valence-electron chi connectivity index (χ2n) is 7.48. The number of halogens is 1. The molecule has 1 fully saturated rings. The first-order chi connectivity index (χ1) is 13.9. The first kappa shape index (κ1) is 20.0. The molecule has 6 nitrogen and oxygen atoms in total. The van der Waals surface area contributed by atoms with Gasteiger partial charge in [-0.15, -0.1) is 0 Å². The topological polar surface area (TPSA) is 70.1 Å². The smallest absolute Gasteiger partial charge is 0.265 e. The second kappa shape index (κ2) is 7.88. The average molecular weight is 415 g/mol. The molecule has 2 unspecified atom stereocenters. The second-order valence-corrected chi connectivity index (χ2v) is 7.92. The van der Waals surface area contributed by atoms with Gasteiger partial charge in [-0.25, -0.2) is 0 Å². The van der Waals surface area contributed by atoms with Crippen molar-refractivity contribution in [2.24, 2.45) is 5.92 Å². The molecular weight excluding hydrogens is 392 g/mol. The lowest BCUT2D eigenvalue weighted by atomic mass is 9.79. The van der Waals surface area contributed by atoms with Gasteiger partial charge in [0, 0.05) is 29.2 Å². The third-order valence-corrected chi connectivity index (χ3v) is 6.02. The molecule has 1 N–H and O–H groups in total. The summed E-state index contributed by atoms with van der Waals surface area (Å²) in [5, 5.41) is 12.1. The number of rotatable bonds is 5. The van der Waals surface area contributed by atoms with Crippen molar-refractivity contribution in [3.63, 3.8) is 0 Å². The van der Waals surface area contributed by atoms with Gasteiger partial charge in [-0.1, -0.05) is 36.7 Å². The summed E-state index contributed by atoms with van der Waals surface area (Å²) in [4.78, 5) is 30.2. The molecular formula is C22H23ClN2O4. The summed E-state index contributed by atoms with van der Waals surface area (Å²) in [6, 6.07) is 13.6. The van der Waals surface area contributed by atoms with Crippen LogP contribution >= 0.6 is 11.6 Å². The zero-order chi connectivity index (χ0) is 20.6. The molecule has 0 saturated carbocycles. The highest BCUT2D eigenvalue weighted by atomic mass is 35.5. The van der Waals surface area contributed by atoms with Gasteiger partial charge in [0.1, 0.15) is 0 Å². The molecule has 2 aliphatic heterocycles. The zero-order valence-electron chi connectivity index (χ0n) is 16.2. The Bertz CT molecular complexity index is 927. The Labute approximate surface area is 174 Å². The Morgan fingerprint density at radius 1 is 1.17 bits per heavy atom. The maximum absolute atomic E-state index is 13.4. The normalized spacial score (nSPS) is 23.1. The van der Waals surface area contributed by atoms with Crippen molar-refractivity contribution in [3.8, 4) is 0 Å². The maximum atomic E-state index is 13.4. The molecule has 0 radical (unpaired) electrons. The van der Waals surface area contributed by atoms with E-state index in [9.17, 15) is 14.7 Å². The zero-order valence-corrected chi connectivity index (χ0v) is 16.9. The number of ether oxygens (including phenoxy) is 1. The number of nitrogens with zero attached hydrogens (tertiary/aromatic N) is 2. The number of amides is 1. The fraction of sp³-hybridized carbons (Fsp3) is 0.364. The van der Waals surface area contributed by atoms with Crippen molar-refractivity contribution in [1.82, 2.24) is 4.90 Å². The van der Waals surface area contributed by atoms with Crippen LogP contribution in [0.15, 0.2) is 48.5 Å². The first-order valence-corrected chi connectivity index (χ1v) is 10.0. The summed E-state index contributed by atoms with van der Waals surface area (Å²) < 4.78 is 5.38. The van der Waals surface area contributed by atoms with Crippen LogP contribution in [0.3, 0.4) is 0 Å². The van der Waals surface area contributed by atoms with Crippen molar-refractivity contribution >= 4 is 29.0 Å². The Kier molecular flexibility index (Phi) is 5.44. The van der Waals surface area contributed by atoms with Crippen LogP contribution in [0, 0.1) is 5.92 Å². The number of carbonyl (C=O) groups is 2. The van der Waals surface area contributed by atoms with E-state index in [4.69, 9.17) is 16.3 Å². The summed E-state index contributed by atoms with van der Waals surface area (Å²) in [5.74, 6) is -1.73. The number of carbonyl (C=O) groups excluding carboxylic acids is 2. The van der Waals surface area contributed by atoms with E-state index in [0.29, 0.717) is 54.8 Å². The van der Waals surface area contributed by atoms with E-state index in [-0.39, 0.29) is 5.78 Å². The first-order valence-electron chi connectivity index (χ1n) is 9.66. The third kappa shape index (κ3) is 3.46. The molecule has 2 aliphatic rings. The Balaban J connectivity index is 1.67. The number of morpholine rings is 1. The largest absolute Gasteiger partial charge is 0.379 e. The van der Waals surface area contributed by atoms with Crippen LogP contribution < -0.4 is 4.90 Å². The molecule has 1 amide bonds. The van der Waals surface area contributed by atoms with Crippen molar-refractivity contribution < 1.29 is 19.4 Å². The molecule has 2 aromatic carbocycles. The lowest BCUT2D eigenvalue weighted by molar-refractivity contribution is -0.140. The molecule has 0 bridgehead atoms. The highest BCUT2D eigenvalue weighted by Gasteiger charge is 2.55. The van der Waals surface area contributed by atoms with Gasteiger partial charge in [-0.2, -0.15) is 0 Å². The summed E-state index contributed by atoms with van der Waals surface area (Å²) in [6.07, 6.45) is 0. The predicted octanol–water partition coefficient (Wildman–Crippen LogP) is 2.68. The summed E-state index contributed by atoms with van der Waals surface area (Å²) in [6.45, 7) is 4.60. The molecule has 0 aliphatic carbocycles. The Morgan fingerprint density at radius 3 is 2.52 bits per heavy atom. The molecule has 152 valence electrons. The van der Waals surface area contributed by atoms with E-state index in [2.05, 4.69) is 4.90 Å². The van der Waals surface area contributed by atoms with Gasteiger partial charge in [0.2, 0.25) is 0 Å². The molecule has 1 saturated heterocycles. The number of hydrogen-bond donors (Lipinski definition) is 1. The SMILES string of the molecule is CC(C(=O)c1ccc(Cl)cc1)C1(O)C(=O)N(CN2CCOCC2)c2ccccc21. The molecule has 2 heterocycles. The molecule has 2 aromatic rings. The molecule has 0 spiro atoms. The van der Waals surface area contributed by atoms with E-state index in [1.54, 1.807) is 48.2 Å². The standard InChI is InChI=1S/C22H23ClN2O4/c1-15(20(26)16-6-8-17(23)9-7-16)22(28)18-4-2-3-5-19(18)25(21(22)27)14-24-10-12-29-13-11-24/h2-9,15,28H,10-14H2,1H3. The number of Topliss-reactive ketones (excluding diaryl/α,β-unsaturated/α-hetero) is 1. The minimum Gasteiger partial charge on any atom is -0.379 e. The lowest BCUT2D eigenvalue weighted by Crippen LogP contribution is -2.51. The Hall–Kier alpha value is -2.25. The van der Waals surface area contributed by atoms with Crippen LogP contribution in [0.25, 0.3) is 0 Å². The summed E-state index contributed by atoms with van der Waals surface area (Å²) in [7, 11) is 0. The molecule has 7 heteroatoms. The van der Waals surface area contributed by atoms with E-state index in [1.807, 2.05) is 12.1 Å². The third-order valence-electron chi connectivity index (χ3n) is 5.77. The number of para-hydroxylation sites is 1. The fourth-order valence-electron chi connectivity index (χ4n) is 4.02. The molecule has 29 heavy (non-hydrogen) atoms. The van der Waals surface area contributed by atoms with E-state index in [0.717, 1.165) is 0 Å². The number of hydrogen-bond acceptors (Lipinski definition) is 5. The average Bonchev–Trinajstić information content (AvgIpc) is 2.97. The van der Waals surface area contributed by atoms with Gasteiger partial charge >= 0.3 is 0 Å². The Morgan fingerprint density at radius 2 is 1.83 bits per heavy atom. The highest BCUT2D eigenvalue weighted by Crippen LogP contribution is 2.45. The fourth-order valence-corrected chi connectivity index (χ4v) is 4.14. The van der Waals surface area contributed by atoms with Crippen LogP contribution in [0.5, 0.6) is 0 Å². The van der Waals surface area contributed by atoms with Crippen molar-refractivity contribution in [2.75, 3.05) is 37.9 Å². The molecule has 4 rings (SSSR count). The van der Waals surface area contributed by atoms with Gasteiger partial charge in [0.15, 0.2) is 11.4 Å². The van der Waals surface area contributed by atoms with Crippen LogP contribution in [0.1, 0.15) is 22.8 Å². The highest BCUT2D eigenvalue weighted by molar-refractivity contribution is 6.30. The van der Waals surface area contributed by atoms with Gasteiger partial charge in [0.25, 0.3) is 5.91 Å². The van der Waals surface area contributed by atoms with Gasteiger partial charge < -0.3 is 9.84 Å². The van der Waals surface area contributed by atoms with E-state index >= 15 is 0 Å². The van der Waals surface area contributed by atoms with Crippen molar-refractivity contribution in [3.05, 3.63) is 64.7 Å². The van der Waals surface area contributed by atoms with Crippen LogP contribution in [-0.2, 0) is 15.1 Å². The van der Waals surface area contributed by atoms with Gasteiger partial charge in [-0.3, -0.25) is 19.4 Å². The van der Waals surface area contributed by atoms with E-state index < -0.39 is 17.4 Å². The van der Waals surface area contributed by atoms with E-state index in [1.165, 1.54) is 0 Å².